The van der Waals surface area contributed by atoms with E-state index in [-0.39, 0.29) is 11.4 Å². The molecule has 0 unspecified atom stereocenters. The standard InChI is InChI=1S/C20H15FN2OS2/c1-23-19(24)18-16(11-17(26-18)14-5-3-2-4-6-14)22-20(23)25-12-13-7-9-15(21)10-8-13/h2-11H,12H2,1H3. The van der Waals surface area contributed by atoms with Gasteiger partial charge in [-0.2, -0.15) is 0 Å². The summed E-state index contributed by atoms with van der Waals surface area (Å²) in [5, 5.41) is 0.657. The van der Waals surface area contributed by atoms with Gasteiger partial charge in [0.05, 0.1) is 5.52 Å². The van der Waals surface area contributed by atoms with Gasteiger partial charge in [0.2, 0.25) is 0 Å². The summed E-state index contributed by atoms with van der Waals surface area (Å²) < 4.78 is 15.3. The van der Waals surface area contributed by atoms with Gasteiger partial charge in [-0.05, 0) is 29.3 Å². The lowest BCUT2D eigenvalue weighted by Crippen LogP contribution is -2.18. The molecule has 0 saturated heterocycles. The summed E-state index contributed by atoms with van der Waals surface area (Å²) in [4.78, 5) is 18.4. The summed E-state index contributed by atoms with van der Waals surface area (Å²) in [7, 11) is 1.74. The fourth-order valence-corrected chi connectivity index (χ4v) is 4.64. The Bertz CT molecular complexity index is 1120. The molecule has 0 saturated carbocycles. The molecule has 0 N–H and O–H groups in total. The summed E-state index contributed by atoms with van der Waals surface area (Å²) in [6, 6.07) is 18.3. The highest BCUT2D eigenvalue weighted by Gasteiger charge is 2.13. The van der Waals surface area contributed by atoms with E-state index in [9.17, 15) is 9.18 Å². The molecule has 0 amide bonds. The van der Waals surface area contributed by atoms with E-state index in [1.54, 1.807) is 23.7 Å². The number of thiophene rings is 1. The lowest BCUT2D eigenvalue weighted by atomic mass is 10.2. The number of halogens is 1. The fraction of sp³-hybridized carbons (Fsp3) is 0.100. The normalized spacial score (nSPS) is 11.2. The van der Waals surface area contributed by atoms with Crippen LogP contribution in [0.4, 0.5) is 4.39 Å². The molecule has 2 heterocycles. The minimum Gasteiger partial charge on any atom is -0.290 e. The quantitative estimate of drug-likeness (QED) is 0.364. The van der Waals surface area contributed by atoms with Crippen molar-refractivity contribution in [3.63, 3.8) is 0 Å². The molecule has 6 heteroatoms. The number of rotatable bonds is 4. The first-order valence-corrected chi connectivity index (χ1v) is 9.85. The van der Waals surface area contributed by atoms with Crippen LogP contribution in [0.2, 0.25) is 0 Å². The maximum atomic E-state index is 13.0. The van der Waals surface area contributed by atoms with Gasteiger partial charge in [-0.15, -0.1) is 11.3 Å². The number of fused-ring (bicyclic) bond motifs is 1. The lowest BCUT2D eigenvalue weighted by Gasteiger charge is -2.07. The Balaban J connectivity index is 1.68. The Morgan fingerprint density at radius 3 is 2.58 bits per heavy atom. The highest BCUT2D eigenvalue weighted by Crippen LogP contribution is 2.32. The molecule has 130 valence electrons. The van der Waals surface area contributed by atoms with Crippen molar-refractivity contribution in [1.82, 2.24) is 9.55 Å². The molecule has 4 rings (SSSR count). The maximum Gasteiger partial charge on any atom is 0.271 e. The Kier molecular flexibility index (Phi) is 4.61. The van der Waals surface area contributed by atoms with Crippen LogP contribution in [0, 0.1) is 5.82 Å². The van der Waals surface area contributed by atoms with Crippen LogP contribution in [0.15, 0.2) is 70.6 Å². The lowest BCUT2D eigenvalue weighted by molar-refractivity contribution is 0.627. The molecule has 3 nitrogen and oxygen atoms in total. The number of hydrogen-bond donors (Lipinski definition) is 0. The van der Waals surface area contributed by atoms with Crippen molar-refractivity contribution in [2.24, 2.45) is 7.05 Å². The van der Waals surface area contributed by atoms with E-state index in [2.05, 4.69) is 4.98 Å². The van der Waals surface area contributed by atoms with Gasteiger partial charge in [-0.25, -0.2) is 9.37 Å². The van der Waals surface area contributed by atoms with Crippen molar-refractivity contribution in [1.29, 1.82) is 0 Å². The number of thioether (sulfide) groups is 1. The molecule has 0 radical (unpaired) electrons. The number of aromatic nitrogens is 2. The molecule has 26 heavy (non-hydrogen) atoms. The summed E-state index contributed by atoms with van der Waals surface area (Å²) in [5.41, 5.74) is 2.75. The Labute approximate surface area is 158 Å². The van der Waals surface area contributed by atoms with Gasteiger partial charge in [0, 0.05) is 17.7 Å². The number of hydrogen-bond acceptors (Lipinski definition) is 4. The van der Waals surface area contributed by atoms with E-state index >= 15 is 0 Å². The molecule has 0 atom stereocenters. The predicted molar refractivity (Wildman–Crippen MR) is 106 cm³/mol. The maximum absolute atomic E-state index is 13.0. The van der Waals surface area contributed by atoms with Gasteiger partial charge in [0.25, 0.3) is 5.56 Å². The molecular weight excluding hydrogens is 367 g/mol. The third-order valence-electron chi connectivity index (χ3n) is 4.05. The van der Waals surface area contributed by atoms with Gasteiger partial charge < -0.3 is 0 Å². The summed E-state index contributed by atoms with van der Waals surface area (Å²) >= 11 is 2.94. The van der Waals surface area contributed by atoms with E-state index in [1.807, 2.05) is 36.4 Å². The smallest absolute Gasteiger partial charge is 0.271 e. The average Bonchev–Trinajstić information content (AvgIpc) is 3.10. The van der Waals surface area contributed by atoms with Crippen molar-refractivity contribution in [2.45, 2.75) is 10.9 Å². The van der Waals surface area contributed by atoms with Crippen LogP contribution >= 0.6 is 23.1 Å². The third kappa shape index (κ3) is 3.30. The summed E-state index contributed by atoms with van der Waals surface area (Å²) in [6.45, 7) is 0. The molecule has 2 aromatic heterocycles. The Morgan fingerprint density at radius 2 is 1.85 bits per heavy atom. The van der Waals surface area contributed by atoms with E-state index in [4.69, 9.17) is 0 Å². The van der Waals surface area contributed by atoms with Crippen molar-refractivity contribution in [2.75, 3.05) is 0 Å². The van der Waals surface area contributed by atoms with Crippen LogP contribution in [-0.2, 0) is 12.8 Å². The first-order chi connectivity index (χ1) is 12.6. The largest absolute Gasteiger partial charge is 0.290 e. The second-order valence-corrected chi connectivity index (χ2v) is 7.86. The molecule has 0 aliphatic carbocycles. The molecule has 4 aromatic rings. The van der Waals surface area contributed by atoms with Crippen molar-refractivity contribution < 1.29 is 4.39 Å². The highest BCUT2D eigenvalue weighted by molar-refractivity contribution is 7.98. The summed E-state index contributed by atoms with van der Waals surface area (Å²) in [6.07, 6.45) is 0. The second-order valence-electron chi connectivity index (χ2n) is 5.86. The van der Waals surface area contributed by atoms with Crippen LogP contribution in [0.3, 0.4) is 0 Å². The van der Waals surface area contributed by atoms with Gasteiger partial charge in [0.15, 0.2) is 5.16 Å². The molecule has 0 aliphatic heterocycles. The van der Waals surface area contributed by atoms with E-state index in [0.717, 1.165) is 21.5 Å². The van der Waals surface area contributed by atoms with Crippen molar-refractivity contribution in [3.8, 4) is 10.4 Å². The minimum atomic E-state index is -0.252. The van der Waals surface area contributed by atoms with Gasteiger partial charge in [0.1, 0.15) is 10.5 Å². The van der Waals surface area contributed by atoms with Gasteiger partial charge in [-0.1, -0.05) is 54.2 Å². The zero-order valence-electron chi connectivity index (χ0n) is 14.0. The highest BCUT2D eigenvalue weighted by atomic mass is 32.2. The monoisotopic (exact) mass is 382 g/mol. The zero-order chi connectivity index (χ0) is 18.1. The molecule has 0 bridgehead atoms. The molecule has 0 spiro atoms. The Hall–Kier alpha value is -2.44. The Morgan fingerprint density at radius 1 is 1.12 bits per heavy atom. The van der Waals surface area contributed by atoms with E-state index in [0.29, 0.717) is 15.6 Å². The minimum absolute atomic E-state index is 0.0382. The van der Waals surface area contributed by atoms with Crippen LogP contribution in [0.5, 0.6) is 0 Å². The second kappa shape index (κ2) is 7.05. The molecular formula is C20H15FN2OS2. The van der Waals surface area contributed by atoms with E-state index in [1.165, 1.54) is 35.2 Å². The molecule has 0 aliphatic rings. The first-order valence-electron chi connectivity index (χ1n) is 8.05. The number of nitrogens with zero attached hydrogens (tertiary/aromatic N) is 2. The van der Waals surface area contributed by atoms with Gasteiger partial charge >= 0.3 is 0 Å². The number of benzene rings is 2. The van der Waals surface area contributed by atoms with Crippen molar-refractivity contribution >= 4 is 33.3 Å². The summed E-state index contributed by atoms with van der Waals surface area (Å²) in [5.74, 6) is 0.374. The van der Waals surface area contributed by atoms with Crippen LogP contribution in [-0.4, -0.2) is 9.55 Å². The third-order valence-corrected chi connectivity index (χ3v) is 6.32. The van der Waals surface area contributed by atoms with E-state index < -0.39 is 0 Å². The zero-order valence-corrected chi connectivity index (χ0v) is 15.6. The SMILES string of the molecule is Cn1c(SCc2ccc(F)cc2)nc2cc(-c3ccccc3)sc2c1=O. The average molecular weight is 382 g/mol. The predicted octanol–water partition coefficient (Wildman–Crippen LogP) is 5.09. The van der Waals surface area contributed by atoms with Crippen molar-refractivity contribution in [3.05, 3.63) is 82.4 Å². The topological polar surface area (TPSA) is 34.9 Å². The first kappa shape index (κ1) is 17.0. The van der Waals surface area contributed by atoms with Gasteiger partial charge in [-0.3, -0.25) is 9.36 Å². The van der Waals surface area contributed by atoms with Crippen LogP contribution < -0.4 is 5.56 Å². The fourth-order valence-electron chi connectivity index (χ4n) is 2.64. The molecule has 2 aromatic carbocycles. The molecule has 0 fully saturated rings. The van der Waals surface area contributed by atoms with Crippen LogP contribution in [0.1, 0.15) is 5.56 Å². The van der Waals surface area contributed by atoms with Crippen LogP contribution in [0.25, 0.3) is 20.7 Å².